The van der Waals surface area contributed by atoms with Gasteiger partial charge in [-0.1, -0.05) is 6.07 Å². The first-order chi connectivity index (χ1) is 12.2. The molecule has 1 amide bonds. The SMILES string of the molecule is COc1cccc(C(=O)Nc2cc(N3CCCCC3)ncn2)c1OC. The van der Waals surface area contributed by atoms with Crippen LogP contribution in [0.15, 0.2) is 30.6 Å². The lowest BCUT2D eigenvalue weighted by atomic mass is 10.1. The highest BCUT2D eigenvalue weighted by atomic mass is 16.5. The summed E-state index contributed by atoms with van der Waals surface area (Å²) in [7, 11) is 3.04. The summed E-state index contributed by atoms with van der Waals surface area (Å²) in [5.74, 6) is 1.90. The van der Waals surface area contributed by atoms with E-state index in [1.807, 2.05) is 0 Å². The molecule has 1 aromatic heterocycles. The second-order valence-electron chi connectivity index (χ2n) is 5.80. The third-order valence-electron chi connectivity index (χ3n) is 4.22. The average molecular weight is 342 g/mol. The fourth-order valence-corrected chi connectivity index (χ4v) is 2.96. The maximum atomic E-state index is 12.6. The summed E-state index contributed by atoms with van der Waals surface area (Å²) in [6.45, 7) is 1.96. The number of amides is 1. The van der Waals surface area contributed by atoms with Crippen LogP contribution in [0.5, 0.6) is 11.5 Å². The van der Waals surface area contributed by atoms with Gasteiger partial charge in [-0.25, -0.2) is 9.97 Å². The van der Waals surface area contributed by atoms with Crippen molar-refractivity contribution in [2.24, 2.45) is 0 Å². The van der Waals surface area contributed by atoms with Crippen LogP contribution in [0.2, 0.25) is 0 Å². The molecule has 2 aromatic rings. The Kier molecular flexibility index (Phi) is 5.33. The van der Waals surface area contributed by atoms with Crippen LogP contribution in [0.3, 0.4) is 0 Å². The zero-order valence-corrected chi connectivity index (χ0v) is 14.5. The Labute approximate surface area is 147 Å². The van der Waals surface area contributed by atoms with E-state index in [-0.39, 0.29) is 5.91 Å². The molecule has 1 fully saturated rings. The van der Waals surface area contributed by atoms with Crippen LogP contribution in [-0.4, -0.2) is 43.2 Å². The van der Waals surface area contributed by atoms with Crippen molar-refractivity contribution >= 4 is 17.5 Å². The number of nitrogens with one attached hydrogen (secondary N) is 1. The Morgan fingerprint density at radius 1 is 1.12 bits per heavy atom. The summed E-state index contributed by atoms with van der Waals surface area (Å²) < 4.78 is 10.6. The third-order valence-corrected chi connectivity index (χ3v) is 4.22. The van der Waals surface area contributed by atoms with Gasteiger partial charge in [0.15, 0.2) is 11.5 Å². The van der Waals surface area contributed by atoms with Gasteiger partial charge in [0.1, 0.15) is 18.0 Å². The molecule has 1 aliphatic heterocycles. The van der Waals surface area contributed by atoms with Gasteiger partial charge >= 0.3 is 0 Å². The van der Waals surface area contributed by atoms with Crippen molar-refractivity contribution in [2.45, 2.75) is 19.3 Å². The molecular formula is C18H22N4O3. The van der Waals surface area contributed by atoms with Crippen molar-refractivity contribution in [2.75, 3.05) is 37.5 Å². The minimum absolute atomic E-state index is 0.306. The van der Waals surface area contributed by atoms with E-state index in [4.69, 9.17) is 9.47 Å². The van der Waals surface area contributed by atoms with E-state index in [2.05, 4.69) is 20.2 Å². The molecular weight excluding hydrogens is 320 g/mol. The minimum atomic E-state index is -0.306. The topological polar surface area (TPSA) is 76.6 Å². The maximum Gasteiger partial charge on any atom is 0.260 e. The van der Waals surface area contributed by atoms with Gasteiger partial charge in [-0.05, 0) is 31.4 Å². The van der Waals surface area contributed by atoms with Crippen molar-refractivity contribution in [3.63, 3.8) is 0 Å². The number of anilines is 2. The second-order valence-corrected chi connectivity index (χ2v) is 5.80. The van der Waals surface area contributed by atoms with Crippen LogP contribution in [0.25, 0.3) is 0 Å². The molecule has 3 rings (SSSR count). The second kappa shape index (κ2) is 7.83. The average Bonchev–Trinajstić information content (AvgIpc) is 2.68. The van der Waals surface area contributed by atoms with Crippen molar-refractivity contribution in [3.8, 4) is 11.5 Å². The van der Waals surface area contributed by atoms with Gasteiger partial charge in [0.05, 0.1) is 19.8 Å². The normalized spacial score (nSPS) is 14.1. The van der Waals surface area contributed by atoms with Crippen molar-refractivity contribution in [3.05, 3.63) is 36.2 Å². The van der Waals surface area contributed by atoms with Crippen LogP contribution < -0.4 is 19.7 Å². The van der Waals surface area contributed by atoms with E-state index in [1.165, 1.54) is 27.0 Å². The molecule has 1 aromatic carbocycles. The van der Waals surface area contributed by atoms with Gasteiger partial charge in [0.25, 0.3) is 5.91 Å². The van der Waals surface area contributed by atoms with E-state index < -0.39 is 0 Å². The van der Waals surface area contributed by atoms with Gasteiger partial charge in [0.2, 0.25) is 0 Å². The third kappa shape index (κ3) is 3.81. The van der Waals surface area contributed by atoms with Crippen LogP contribution in [-0.2, 0) is 0 Å². The highest BCUT2D eigenvalue weighted by molar-refractivity contribution is 6.06. The largest absolute Gasteiger partial charge is 0.493 e. The summed E-state index contributed by atoms with van der Waals surface area (Å²) >= 11 is 0. The first-order valence-electron chi connectivity index (χ1n) is 8.32. The number of piperidine rings is 1. The lowest BCUT2D eigenvalue weighted by Gasteiger charge is -2.27. The van der Waals surface area contributed by atoms with Gasteiger partial charge in [0, 0.05) is 19.2 Å². The highest BCUT2D eigenvalue weighted by Gasteiger charge is 2.18. The van der Waals surface area contributed by atoms with E-state index in [9.17, 15) is 4.79 Å². The molecule has 2 heterocycles. The molecule has 1 N–H and O–H groups in total. The summed E-state index contributed by atoms with van der Waals surface area (Å²) in [6, 6.07) is 6.98. The number of rotatable bonds is 5. The monoisotopic (exact) mass is 342 g/mol. The predicted octanol–water partition coefficient (Wildman–Crippen LogP) is 2.74. The number of carbonyl (C=O) groups excluding carboxylic acids is 1. The predicted molar refractivity (Wildman–Crippen MR) is 95.6 cm³/mol. The summed E-state index contributed by atoms with van der Waals surface area (Å²) in [4.78, 5) is 23.3. The minimum Gasteiger partial charge on any atom is -0.493 e. The number of methoxy groups -OCH3 is 2. The van der Waals surface area contributed by atoms with E-state index >= 15 is 0 Å². The molecule has 0 unspecified atom stereocenters. The molecule has 1 aliphatic rings. The van der Waals surface area contributed by atoms with Crippen molar-refractivity contribution < 1.29 is 14.3 Å². The van der Waals surface area contributed by atoms with Gasteiger partial charge in [-0.2, -0.15) is 0 Å². The van der Waals surface area contributed by atoms with Crippen LogP contribution in [0.1, 0.15) is 29.6 Å². The Balaban J connectivity index is 1.79. The van der Waals surface area contributed by atoms with Gasteiger partial charge in [-0.3, -0.25) is 4.79 Å². The number of carbonyl (C=O) groups is 1. The lowest BCUT2D eigenvalue weighted by molar-refractivity contribution is 0.102. The number of hydrogen-bond acceptors (Lipinski definition) is 6. The smallest absolute Gasteiger partial charge is 0.260 e. The quantitative estimate of drug-likeness (QED) is 0.900. The van der Waals surface area contributed by atoms with E-state index in [0.717, 1.165) is 31.7 Å². The number of aromatic nitrogens is 2. The molecule has 132 valence electrons. The summed E-state index contributed by atoms with van der Waals surface area (Å²) in [6.07, 6.45) is 5.04. The molecule has 7 nitrogen and oxygen atoms in total. The summed E-state index contributed by atoms with van der Waals surface area (Å²) in [5.41, 5.74) is 0.389. The number of nitrogens with zero attached hydrogens (tertiary/aromatic N) is 3. The molecule has 7 heteroatoms. The fraction of sp³-hybridized carbons (Fsp3) is 0.389. The number of para-hydroxylation sites is 1. The molecule has 0 aliphatic carbocycles. The zero-order chi connectivity index (χ0) is 17.6. The lowest BCUT2D eigenvalue weighted by Crippen LogP contribution is -2.30. The van der Waals surface area contributed by atoms with Crippen LogP contribution in [0.4, 0.5) is 11.6 Å². The molecule has 1 saturated heterocycles. The van der Waals surface area contributed by atoms with Crippen LogP contribution >= 0.6 is 0 Å². The summed E-state index contributed by atoms with van der Waals surface area (Å²) in [5, 5.41) is 2.81. The molecule has 0 radical (unpaired) electrons. The van der Waals surface area contributed by atoms with Crippen molar-refractivity contribution in [1.29, 1.82) is 0 Å². The Hall–Kier alpha value is -2.83. The number of hydrogen-bond donors (Lipinski definition) is 1. The van der Waals surface area contributed by atoms with Crippen molar-refractivity contribution in [1.82, 2.24) is 9.97 Å². The molecule has 0 spiro atoms. The molecule has 0 bridgehead atoms. The van der Waals surface area contributed by atoms with E-state index in [0.29, 0.717) is 22.9 Å². The van der Waals surface area contributed by atoms with Crippen LogP contribution in [0, 0.1) is 0 Å². The number of benzene rings is 1. The standard InChI is InChI=1S/C18H22N4O3/c1-24-14-8-6-7-13(17(14)25-2)18(23)21-15-11-16(20-12-19-15)22-9-4-3-5-10-22/h6-8,11-12H,3-5,9-10H2,1-2H3,(H,19,20,21,23). The molecule has 0 saturated carbocycles. The Bertz CT molecular complexity index is 745. The molecule has 0 atom stereocenters. The highest BCUT2D eigenvalue weighted by Crippen LogP contribution is 2.31. The first kappa shape index (κ1) is 17.0. The number of ether oxygens (including phenoxy) is 2. The Morgan fingerprint density at radius 2 is 1.92 bits per heavy atom. The zero-order valence-electron chi connectivity index (χ0n) is 14.5. The van der Waals surface area contributed by atoms with Gasteiger partial charge < -0.3 is 19.7 Å². The maximum absolute atomic E-state index is 12.6. The molecule has 25 heavy (non-hydrogen) atoms. The first-order valence-corrected chi connectivity index (χ1v) is 8.32. The van der Waals surface area contributed by atoms with E-state index in [1.54, 1.807) is 24.3 Å². The Morgan fingerprint density at radius 3 is 2.64 bits per heavy atom. The van der Waals surface area contributed by atoms with Gasteiger partial charge in [-0.15, -0.1) is 0 Å². The fourth-order valence-electron chi connectivity index (χ4n) is 2.96.